The maximum Gasteiger partial charge on any atom is 0.331 e. The summed E-state index contributed by atoms with van der Waals surface area (Å²) in [7, 11) is 0. The molecule has 3 rings (SSSR count). The first-order valence-electron chi connectivity index (χ1n) is 8.14. The molecular weight excluding hydrogens is 332 g/mol. The van der Waals surface area contributed by atoms with Gasteiger partial charge in [-0.3, -0.25) is 0 Å². The first-order valence-corrected chi connectivity index (χ1v) is 8.14. The number of ether oxygens (including phenoxy) is 1. The van der Waals surface area contributed by atoms with E-state index in [0.717, 1.165) is 36.3 Å². The highest BCUT2D eigenvalue weighted by atomic mass is 16.5. The number of benzene rings is 1. The molecule has 6 nitrogen and oxygen atoms in total. The van der Waals surface area contributed by atoms with Crippen LogP contribution in [0.4, 0.5) is 5.69 Å². The number of hydrogen-bond acceptors (Lipinski definition) is 5. The van der Waals surface area contributed by atoms with Gasteiger partial charge in [-0.25, -0.2) is 14.6 Å². The van der Waals surface area contributed by atoms with E-state index in [1.54, 1.807) is 12.1 Å². The summed E-state index contributed by atoms with van der Waals surface area (Å²) in [6.45, 7) is -0.0787. The molecule has 0 atom stereocenters. The second-order valence-corrected chi connectivity index (χ2v) is 5.92. The number of nitrogens with zero attached hydrogens (tertiary/aromatic N) is 1. The Morgan fingerprint density at radius 1 is 1.19 bits per heavy atom. The van der Waals surface area contributed by atoms with Crippen LogP contribution in [0.1, 0.15) is 28.9 Å². The average Bonchev–Trinajstić information content (AvgIpc) is 2.64. The normalized spacial score (nSPS) is 13.2. The van der Waals surface area contributed by atoms with Crippen LogP contribution in [0.2, 0.25) is 0 Å². The minimum absolute atomic E-state index is 0.0787. The van der Waals surface area contributed by atoms with Crippen LogP contribution in [0.25, 0.3) is 11.6 Å². The number of aryl methyl sites for hydroxylation is 1. The van der Waals surface area contributed by atoms with E-state index >= 15 is 0 Å². The zero-order valence-electron chi connectivity index (χ0n) is 14.0. The zero-order valence-corrected chi connectivity index (χ0v) is 14.0. The molecule has 26 heavy (non-hydrogen) atoms. The molecule has 6 heteroatoms. The van der Waals surface area contributed by atoms with Gasteiger partial charge in [0.2, 0.25) is 0 Å². The van der Waals surface area contributed by atoms with Crippen molar-refractivity contribution >= 4 is 29.3 Å². The molecule has 0 fully saturated rings. The number of fused-ring (bicyclic) bond motifs is 1. The zero-order chi connectivity index (χ0) is 18.5. The fourth-order valence-corrected chi connectivity index (χ4v) is 2.82. The van der Waals surface area contributed by atoms with Crippen LogP contribution in [0.5, 0.6) is 0 Å². The predicted octanol–water partition coefficient (Wildman–Crippen LogP) is 2.83. The minimum Gasteiger partial charge on any atom is -0.478 e. The number of hydrogen-bond donors (Lipinski definition) is 2. The summed E-state index contributed by atoms with van der Waals surface area (Å²) < 4.78 is 5.01. The number of esters is 1. The molecule has 3 N–H and O–H groups in total. The number of carboxylic acids is 1. The smallest absolute Gasteiger partial charge is 0.331 e. The van der Waals surface area contributed by atoms with Crippen molar-refractivity contribution in [2.45, 2.75) is 19.4 Å². The summed E-state index contributed by atoms with van der Waals surface area (Å²) in [5.74, 6) is -1.96. The Labute approximate surface area is 150 Å². The Morgan fingerprint density at radius 2 is 2.00 bits per heavy atom. The van der Waals surface area contributed by atoms with Gasteiger partial charge >= 0.3 is 11.9 Å². The molecule has 0 aliphatic heterocycles. The third-order valence-electron chi connectivity index (χ3n) is 4.00. The average molecular weight is 350 g/mol. The van der Waals surface area contributed by atoms with Crippen LogP contribution >= 0.6 is 0 Å². The lowest BCUT2D eigenvalue weighted by Crippen LogP contribution is -2.06. The van der Waals surface area contributed by atoms with Crippen molar-refractivity contribution in [3.05, 3.63) is 71.1 Å². The van der Waals surface area contributed by atoms with E-state index in [1.807, 2.05) is 12.1 Å². The monoisotopic (exact) mass is 350 g/mol. The molecule has 2 aromatic rings. The summed E-state index contributed by atoms with van der Waals surface area (Å²) in [4.78, 5) is 26.4. The van der Waals surface area contributed by atoms with Gasteiger partial charge < -0.3 is 15.6 Å². The second kappa shape index (κ2) is 7.65. The summed E-state index contributed by atoms with van der Waals surface area (Å²) >= 11 is 0. The van der Waals surface area contributed by atoms with Crippen LogP contribution in [0.3, 0.4) is 0 Å². The maximum absolute atomic E-state index is 11.5. The Morgan fingerprint density at radius 3 is 2.81 bits per heavy atom. The molecule has 1 aromatic heterocycles. The standard InChI is InChI=1S/C20H18N2O4/c21-16-10-17(12-26-20(25)8-7-19(23)24)22-18(11-16)15-6-5-13-3-1-2-4-14(13)9-15/h1-4,7-11H,5-6,12H2,(H2,21,22)(H,23,24)/b8-7+. The topological polar surface area (TPSA) is 103 Å². The van der Waals surface area contributed by atoms with Gasteiger partial charge in [0, 0.05) is 17.8 Å². The molecule has 0 bridgehead atoms. The fraction of sp³-hybridized carbons (Fsp3) is 0.150. The van der Waals surface area contributed by atoms with Crippen molar-refractivity contribution in [2.24, 2.45) is 0 Å². The van der Waals surface area contributed by atoms with Crippen LogP contribution in [-0.4, -0.2) is 22.0 Å². The number of aromatic nitrogens is 1. The summed E-state index contributed by atoms with van der Waals surface area (Å²) in [5, 5.41) is 8.50. The van der Waals surface area contributed by atoms with Crippen molar-refractivity contribution < 1.29 is 19.4 Å². The van der Waals surface area contributed by atoms with Crippen LogP contribution in [-0.2, 0) is 27.4 Å². The van der Waals surface area contributed by atoms with Gasteiger partial charge in [-0.1, -0.05) is 24.3 Å². The maximum atomic E-state index is 11.5. The molecule has 1 aliphatic carbocycles. The SMILES string of the molecule is Nc1cc(COC(=O)/C=C/C(=O)O)nc(C2=Cc3ccccc3CC2)c1. The molecule has 1 heterocycles. The van der Waals surface area contributed by atoms with Gasteiger partial charge in [0.15, 0.2) is 0 Å². The number of nitrogens with two attached hydrogens (primary N) is 1. The van der Waals surface area contributed by atoms with Gasteiger partial charge in [-0.05, 0) is 47.8 Å². The van der Waals surface area contributed by atoms with E-state index in [-0.39, 0.29) is 6.61 Å². The van der Waals surface area contributed by atoms with E-state index in [4.69, 9.17) is 15.6 Å². The molecule has 0 saturated heterocycles. The molecular formula is C20H18N2O4. The first kappa shape index (κ1) is 17.4. The number of rotatable bonds is 5. The number of anilines is 1. The first-order chi connectivity index (χ1) is 12.5. The van der Waals surface area contributed by atoms with Gasteiger partial charge in [0.05, 0.1) is 11.4 Å². The van der Waals surface area contributed by atoms with E-state index in [0.29, 0.717) is 11.4 Å². The van der Waals surface area contributed by atoms with Gasteiger partial charge in [0.1, 0.15) is 6.61 Å². The number of allylic oxidation sites excluding steroid dienone is 1. The van der Waals surface area contributed by atoms with Crippen molar-refractivity contribution in [2.75, 3.05) is 5.73 Å². The lowest BCUT2D eigenvalue weighted by Gasteiger charge is -2.17. The van der Waals surface area contributed by atoms with Crippen LogP contribution < -0.4 is 5.73 Å². The predicted molar refractivity (Wildman–Crippen MR) is 97.9 cm³/mol. The fourth-order valence-electron chi connectivity index (χ4n) is 2.82. The van der Waals surface area contributed by atoms with Gasteiger partial charge in [-0.15, -0.1) is 0 Å². The van der Waals surface area contributed by atoms with E-state index in [1.165, 1.54) is 11.1 Å². The quantitative estimate of drug-likeness (QED) is 0.635. The molecule has 132 valence electrons. The number of nitrogen functional groups attached to an aromatic ring is 1. The van der Waals surface area contributed by atoms with Crippen LogP contribution in [0.15, 0.2) is 48.6 Å². The molecule has 0 amide bonds. The van der Waals surface area contributed by atoms with E-state index < -0.39 is 11.9 Å². The Kier molecular flexibility index (Phi) is 5.12. The second-order valence-electron chi connectivity index (χ2n) is 5.92. The number of pyridine rings is 1. The Hall–Kier alpha value is -3.41. The molecule has 1 aromatic carbocycles. The van der Waals surface area contributed by atoms with E-state index in [9.17, 15) is 9.59 Å². The third kappa shape index (κ3) is 4.36. The van der Waals surface area contributed by atoms with Gasteiger partial charge in [-0.2, -0.15) is 0 Å². The van der Waals surface area contributed by atoms with Crippen molar-refractivity contribution in [3.8, 4) is 0 Å². The van der Waals surface area contributed by atoms with Crippen molar-refractivity contribution in [1.29, 1.82) is 0 Å². The van der Waals surface area contributed by atoms with Gasteiger partial charge in [0.25, 0.3) is 0 Å². The highest BCUT2D eigenvalue weighted by molar-refractivity contribution is 5.90. The lowest BCUT2D eigenvalue weighted by molar-refractivity contribution is -0.140. The molecule has 0 unspecified atom stereocenters. The Bertz CT molecular complexity index is 916. The summed E-state index contributed by atoms with van der Waals surface area (Å²) in [6, 6.07) is 11.6. The molecule has 0 saturated carbocycles. The largest absolute Gasteiger partial charge is 0.478 e. The lowest BCUT2D eigenvalue weighted by atomic mass is 9.90. The highest BCUT2D eigenvalue weighted by Crippen LogP contribution is 2.30. The number of aliphatic carboxylic acids is 1. The van der Waals surface area contributed by atoms with E-state index in [2.05, 4.69) is 23.2 Å². The van der Waals surface area contributed by atoms with Crippen molar-refractivity contribution in [1.82, 2.24) is 4.98 Å². The van der Waals surface area contributed by atoms with Crippen molar-refractivity contribution in [3.63, 3.8) is 0 Å². The molecule has 0 radical (unpaired) electrons. The summed E-state index contributed by atoms with van der Waals surface area (Å²) in [5.41, 5.74) is 11.3. The van der Waals surface area contributed by atoms with Crippen LogP contribution in [0, 0.1) is 0 Å². The third-order valence-corrected chi connectivity index (χ3v) is 4.00. The Balaban J connectivity index is 1.77. The highest BCUT2D eigenvalue weighted by Gasteiger charge is 2.14. The number of carbonyl (C=O) groups is 2. The summed E-state index contributed by atoms with van der Waals surface area (Å²) in [6.07, 6.45) is 5.48. The number of carboxylic acid groups (broad SMARTS) is 1. The molecule has 0 spiro atoms. The minimum atomic E-state index is -1.21. The number of carbonyl (C=O) groups excluding carboxylic acids is 1. The molecule has 1 aliphatic rings.